The summed E-state index contributed by atoms with van der Waals surface area (Å²) in [4.78, 5) is 29.3. The summed E-state index contributed by atoms with van der Waals surface area (Å²) in [7, 11) is 2.14. The standard InChI is InChI=1S/C30H38N8O2/c1-5-27(39)37-13-8-22(18-37)26-15-21-7-6-20(14-25(21)33-26)16-31-29-35-30(40-23-9-11-36(4)12-10-23)34-28-24(19(2)3)17-32-38(28)29/h5-7,14-15,17,19,22-23,33H,1,8-13,16,18H2,2-4H3,(H,31,34,35). The van der Waals surface area contributed by atoms with Crippen LogP contribution >= 0.6 is 0 Å². The number of nitrogens with one attached hydrogen (secondary N) is 2. The third kappa shape index (κ3) is 5.28. The zero-order valence-electron chi connectivity index (χ0n) is 23.6. The van der Waals surface area contributed by atoms with E-state index >= 15 is 0 Å². The average molecular weight is 543 g/mol. The van der Waals surface area contributed by atoms with Gasteiger partial charge in [-0.2, -0.15) is 19.6 Å². The maximum atomic E-state index is 12.0. The molecule has 10 heteroatoms. The highest BCUT2D eigenvalue weighted by Gasteiger charge is 2.27. The highest BCUT2D eigenvalue weighted by molar-refractivity contribution is 5.87. The van der Waals surface area contributed by atoms with Crippen LogP contribution in [0.2, 0.25) is 0 Å². The number of fused-ring (bicyclic) bond motifs is 2. The van der Waals surface area contributed by atoms with Crippen LogP contribution in [0.1, 0.15) is 61.8 Å². The first-order chi connectivity index (χ1) is 19.4. The molecule has 2 aliphatic heterocycles. The number of likely N-dealkylation sites (tertiary alicyclic amines) is 2. The van der Waals surface area contributed by atoms with Gasteiger partial charge in [0.05, 0.1) is 6.20 Å². The lowest BCUT2D eigenvalue weighted by atomic mass is 10.1. The number of carbonyl (C=O) groups excluding carboxylic acids is 1. The Labute approximate surface area is 234 Å². The number of hydrogen-bond donors (Lipinski definition) is 2. The Morgan fingerprint density at radius 3 is 2.80 bits per heavy atom. The molecule has 2 fully saturated rings. The number of hydrogen-bond acceptors (Lipinski definition) is 7. The quantitative estimate of drug-likeness (QED) is 0.320. The summed E-state index contributed by atoms with van der Waals surface area (Å²) < 4.78 is 8.06. The minimum atomic E-state index is 0.00315. The largest absolute Gasteiger partial charge is 0.460 e. The van der Waals surface area contributed by atoms with Crippen LogP contribution in [0.4, 0.5) is 5.95 Å². The Hall–Kier alpha value is -3.92. The number of amides is 1. The molecule has 40 heavy (non-hydrogen) atoms. The molecule has 1 amide bonds. The van der Waals surface area contributed by atoms with Crippen molar-refractivity contribution in [1.29, 1.82) is 0 Å². The van der Waals surface area contributed by atoms with Crippen LogP contribution in [0.3, 0.4) is 0 Å². The van der Waals surface area contributed by atoms with Crippen LogP contribution in [-0.2, 0) is 11.3 Å². The fraction of sp³-hybridized carbons (Fsp3) is 0.467. The Morgan fingerprint density at radius 1 is 1.20 bits per heavy atom. The third-order valence-corrected chi connectivity index (χ3v) is 8.21. The number of ether oxygens (including phenoxy) is 1. The highest BCUT2D eigenvalue weighted by Crippen LogP contribution is 2.30. The van der Waals surface area contributed by atoms with E-state index in [9.17, 15) is 4.79 Å². The summed E-state index contributed by atoms with van der Waals surface area (Å²) >= 11 is 0. The number of anilines is 1. The molecular weight excluding hydrogens is 504 g/mol. The van der Waals surface area contributed by atoms with E-state index in [1.807, 2.05) is 11.1 Å². The maximum Gasteiger partial charge on any atom is 0.322 e. The van der Waals surface area contributed by atoms with Crippen LogP contribution in [0.25, 0.3) is 16.6 Å². The number of piperidine rings is 1. The Morgan fingerprint density at radius 2 is 2.02 bits per heavy atom. The van der Waals surface area contributed by atoms with E-state index in [-0.39, 0.29) is 17.9 Å². The second-order valence-corrected chi connectivity index (χ2v) is 11.4. The number of rotatable bonds is 8. The van der Waals surface area contributed by atoms with Crippen molar-refractivity contribution >= 4 is 28.4 Å². The molecule has 210 valence electrons. The summed E-state index contributed by atoms with van der Waals surface area (Å²) in [6.45, 7) is 12.0. The van der Waals surface area contributed by atoms with Crippen LogP contribution in [-0.4, -0.2) is 79.6 Å². The number of benzene rings is 1. The van der Waals surface area contributed by atoms with E-state index in [1.54, 1.807) is 4.52 Å². The van der Waals surface area contributed by atoms with Gasteiger partial charge in [0.25, 0.3) is 0 Å². The molecule has 0 saturated carbocycles. The Kier molecular flexibility index (Phi) is 7.18. The molecule has 0 aliphatic carbocycles. The van der Waals surface area contributed by atoms with E-state index in [2.05, 4.69) is 72.0 Å². The molecule has 1 atom stereocenters. The molecule has 5 heterocycles. The molecule has 0 bridgehead atoms. The molecule has 10 nitrogen and oxygen atoms in total. The molecule has 2 saturated heterocycles. The van der Waals surface area contributed by atoms with Crippen molar-refractivity contribution in [1.82, 2.24) is 34.4 Å². The summed E-state index contributed by atoms with van der Waals surface area (Å²) in [5.41, 5.74) is 5.23. The molecule has 0 spiro atoms. The first kappa shape index (κ1) is 26.3. The van der Waals surface area contributed by atoms with Crippen molar-refractivity contribution in [3.8, 4) is 6.01 Å². The fourth-order valence-electron chi connectivity index (χ4n) is 5.75. The molecule has 1 aromatic carbocycles. The number of nitrogens with zero attached hydrogens (tertiary/aromatic N) is 6. The molecule has 4 aromatic rings. The van der Waals surface area contributed by atoms with Crippen molar-refractivity contribution in [3.63, 3.8) is 0 Å². The highest BCUT2D eigenvalue weighted by atomic mass is 16.5. The topological polar surface area (TPSA) is 104 Å². The van der Waals surface area contributed by atoms with Crippen LogP contribution in [0, 0.1) is 0 Å². The van der Waals surface area contributed by atoms with Gasteiger partial charge in [0.15, 0.2) is 5.65 Å². The Bertz CT molecular complexity index is 1530. The second-order valence-electron chi connectivity index (χ2n) is 11.4. The number of aromatic amines is 1. The summed E-state index contributed by atoms with van der Waals surface area (Å²) in [5.74, 6) is 1.21. The molecule has 0 radical (unpaired) electrons. The maximum absolute atomic E-state index is 12.0. The molecule has 1 unspecified atom stereocenters. The average Bonchev–Trinajstić information content (AvgIpc) is 3.70. The van der Waals surface area contributed by atoms with Gasteiger partial charge in [0.1, 0.15) is 6.10 Å². The summed E-state index contributed by atoms with van der Waals surface area (Å²) in [6, 6.07) is 9.05. The third-order valence-electron chi connectivity index (χ3n) is 8.21. The molecule has 6 rings (SSSR count). The smallest absolute Gasteiger partial charge is 0.322 e. The van der Waals surface area contributed by atoms with Gasteiger partial charge in [0.2, 0.25) is 11.9 Å². The van der Waals surface area contributed by atoms with Crippen LogP contribution < -0.4 is 10.1 Å². The van der Waals surface area contributed by atoms with Crippen molar-refractivity contribution in [3.05, 3.63) is 59.9 Å². The summed E-state index contributed by atoms with van der Waals surface area (Å²) in [5, 5.41) is 9.25. The monoisotopic (exact) mass is 542 g/mol. The lowest BCUT2D eigenvalue weighted by Gasteiger charge is -2.28. The van der Waals surface area contributed by atoms with Gasteiger partial charge in [-0.25, -0.2) is 0 Å². The van der Waals surface area contributed by atoms with E-state index in [0.717, 1.165) is 67.7 Å². The summed E-state index contributed by atoms with van der Waals surface area (Å²) in [6.07, 6.45) is 6.27. The first-order valence-corrected chi connectivity index (χ1v) is 14.3. The SMILES string of the molecule is C=CC(=O)N1CCC(c2cc3ccc(CNc4nc(OC5CCN(C)CC5)nc5c(C(C)C)cnn45)cc3[nH]2)C1. The lowest BCUT2D eigenvalue weighted by Crippen LogP contribution is -2.36. The lowest BCUT2D eigenvalue weighted by molar-refractivity contribution is -0.125. The van der Waals surface area contributed by atoms with Gasteiger partial charge in [-0.15, -0.1) is 0 Å². The first-order valence-electron chi connectivity index (χ1n) is 14.3. The van der Waals surface area contributed by atoms with Gasteiger partial charge in [-0.3, -0.25) is 4.79 Å². The number of carbonyl (C=O) groups is 1. The van der Waals surface area contributed by atoms with Crippen LogP contribution in [0.5, 0.6) is 6.01 Å². The zero-order chi connectivity index (χ0) is 27.8. The van der Waals surface area contributed by atoms with Gasteiger partial charge in [0, 0.05) is 55.4 Å². The minimum Gasteiger partial charge on any atom is -0.460 e. The van der Waals surface area contributed by atoms with Crippen molar-refractivity contribution in [2.75, 3.05) is 38.5 Å². The number of H-pyrrole nitrogens is 1. The molecule has 3 aromatic heterocycles. The molecule has 2 N–H and O–H groups in total. The predicted molar refractivity (Wildman–Crippen MR) is 156 cm³/mol. The second kappa shape index (κ2) is 10.9. The Balaban J connectivity index is 1.21. The van der Waals surface area contributed by atoms with Crippen molar-refractivity contribution in [2.45, 2.75) is 57.6 Å². The van der Waals surface area contributed by atoms with E-state index < -0.39 is 0 Å². The van der Waals surface area contributed by atoms with E-state index in [1.165, 1.54) is 17.2 Å². The van der Waals surface area contributed by atoms with Gasteiger partial charge < -0.3 is 24.8 Å². The van der Waals surface area contributed by atoms with E-state index in [4.69, 9.17) is 14.7 Å². The zero-order valence-corrected chi connectivity index (χ0v) is 23.6. The normalized spacial score (nSPS) is 18.7. The van der Waals surface area contributed by atoms with Crippen LogP contribution in [0.15, 0.2) is 43.1 Å². The van der Waals surface area contributed by atoms with Gasteiger partial charge in [-0.1, -0.05) is 32.6 Å². The van der Waals surface area contributed by atoms with Gasteiger partial charge >= 0.3 is 6.01 Å². The van der Waals surface area contributed by atoms with Crippen molar-refractivity contribution in [2.24, 2.45) is 0 Å². The molecule has 2 aliphatic rings. The van der Waals surface area contributed by atoms with Crippen molar-refractivity contribution < 1.29 is 9.53 Å². The van der Waals surface area contributed by atoms with E-state index in [0.29, 0.717) is 24.4 Å². The molecular formula is C30H38N8O2. The predicted octanol–water partition coefficient (Wildman–Crippen LogP) is 4.32. The van der Waals surface area contributed by atoms with Gasteiger partial charge in [-0.05, 0) is 61.4 Å². The fourth-order valence-corrected chi connectivity index (χ4v) is 5.75. The minimum absolute atomic E-state index is 0.00315. The number of aromatic nitrogens is 5.